The summed E-state index contributed by atoms with van der Waals surface area (Å²) in [6, 6.07) is 9.35. The first-order valence-electron chi connectivity index (χ1n) is 13.6. The Bertz CT molecular complexity index is 1180. The quantitative estimate of drug-likeness (QED) is 0.350. The van der Waals surface area contributed by atoms with Crippen molar-refractivity contribution >= 4 is 23.8 Å². The van der Waals surface area contributed by atoms with Gasteiger partial charge in [0.1, 0.15) is 0 Å². The van der Waals surface area contributed by atoms with Gasteiger partial charge in [0.25, 0.3) is 0 Å². The van der Waals surface area contributed by atoms with E-state index in [0.29, 0.717) is 11.5 Å². The van der Waals surface area contributed by atoms with Gasteiger partial charge < -0.3 is 19.3 Å². The Morgan fingerprint density at radius 1 is 1.18 bits per heavy atom. The highest BCUT2D eigenvalue weighted by Gasteiger charge is 2.72. The molecule has 0 bridgehead atoms. The van der Waals surface area contributed by atoms with Gasteiger partial charge in [-0.15, -0.1) is 0 Å². The highest BCUT2D eigenvalue weighted by molar-refractivity contribution is 6.04. The molecule has 1 aliphatic heterocycles. The molecule has 0 amide bonds. The molecule has 5 rings (SSSR count). The number of benzene rings is 1. The van der Waals surface area contributed by atoms with Crippen molar-refractivity contribution in [3.05, 3.63) is 53.6 Å². The predicted molar refractivity (Wildman–Crippen MR) is 141 cm³/mol. The molecule has 3 fully saturated rings. The van der Waals surface area contributed by atoms with Crippen molar-refractivity contribution in [1.82, 2.24) is 0 Å². The molecule has 1 aromatic carbocycles. The lowest BCUT2D eigenvalue weighted by molar-refractivity contribution is -0.168. The third-order valence-corrected chi connectivity index (χ3v) is 9.48. The molecule has 2 saturated carbocycles. The van der Waals surface area contributed by atoms with Gasteiger partial charge in [0.05, 0.1) is 30.3 Å². The minimum atomic E-state index is -1.63. The van der Waals surface area contributed by atoms with Crippen molar-refractivity contribution < 1.29 is 33.7 Å². The van der Waals surface area contributed by atoms with Gasteiger partial charge in [0.15, 0.2) is 5.60 Å². The second-order valence-corrected chi connectivity index (χ2v) is 12.4. The van der Waals surface area contributed by atoms with E-state index >= 15 is 0 Å². The van der Waals surface area contributed by atoms with Crippen molar-refractivity contribution in [3.63, 3.8) is 0 Å². The number of hydrogen-bond acceptors (Lipinski definition) is 7. The van der Waals surface area contributed by atoms with Gasteiger partial charge >= 0.3 is 11.9 Å². The van der Waals surface area contributed by atoms with Gasteiger partial charge in [-0.05, 0) is 61.2 Å². The molecular formula is C31H38O7. The monoisotopic (exact) mass is 522 g/mol. The van der Waals surface area contributed by atoms with Gasteiger partial charge in [-0.2, -0.15) is 0 Å². The summed E-state index contributed by atoms with van der Waals surface area (Å²) in [6.45, 7) is 9.47. The molecular weight excluding hydrogens is 484 g/mol. The number of epoxide rings is 1. The Morgan fingerprint density at radius 2 is 1.89 bits per heavy atom. The maximum atomic E-state index is 14.3. The van der Waals surface area contributed by atoms with Crippen LogP contribution in [0.2, 0.25) is 0 Å². The Balaban J connectivity index is 1.54. The van der Waals surface area contributed by atoms with Crippen LogP contribution in [0.3, 0.4) is 0 Å². The molecule has 204 valence electrons. The van der Waals surface area contributed by atoms with Crippen LogP contribution in [0.15, 0.2) is 48.1 Å². The fraction of sp³-hybridized carbons (Fsp3) is 0.581. The van der Waals surface area contributed by atoms with Crippen molar-refractivity contribution in [1.29, 1.82) is 0 Å². The molecule has 1 N–H and O–H groups in total. The van der Waals surface area contributed by atoms with E-state index in [2.05, 4.69) is 13.8 Å². The van der Waals surface area contributed by atoms with Gasteiger partial charge in [0.2, 0.25) is 5.78 Å². The molecule has 7 nitrogen and oxygen atoms in total. The van der Waals surface area contributed by atoms with Crippen LogP contribution in [0.5, 0.6) is 0 Å². The molecule has 1 heterocycles. The lowest BCUT2D eigenvalue weighted by atomic mass is 9.77. The van der Waals surface area contributed by atoms with Crippen molar-refractivity contribution in [2.75, 3.05) is 6.61 Å². The largest absolute Gasteiger partial charge is 0.465 e. The SMILES string of the molecule is CC(=O)OC[C@H]1CC2(OC(=O)/C=C/c3ccccc3)C(=O)/C(C)=C/[C@@H]3[C@H](CC[C@@]4(C)O[C@@H]4[C@H]2[C@H]1O)C3(C)C. The van der Waals surface area contributed by atoms with Gasteiger partial charge in [-0.3, -0.25) is 9.59 Å². The Labute approximate surface area is 224 Å². The number of hydrogen-bond donors (Lipinski definition) is 1. The van der Waals surface area contributed by atoms with Crippen LogP contribution in [0, 0.1) is 29.1 Å². The lowest BCUT2D eigenvalue weighted by Crippen LogP contribution is -2.52. The number of ketones is 1. The molecule has 38 heavy (non-hydrogen) atoms. The van der Waals surface area contributed by atoms with E-state index in [-0.39, 0.29) is 30.1 Å². The summed E-state index contributed by atoms with van der Waals surface area (Å²) >= 11 is 0. The first-order chi connectivity index (χ1) is 17.9. The summed E-state index contributed by atoms with van der Waals surface area (Å²) < 4.78 is 17.6. The third kappa shape index (κ3) is 4.64. The molecule has 0 aromatic heterocycles. The summed E-state index contributed by atoms with van der Waals surface area (Å²) in [7, 11) is 0. The maximum absolute atomic E-state index is 14.3. The smallest absolute Gasteiger partial charge is 0.331 e. The number of aliphatic hydroxyl groups excluding tert-OH is 1. The zero-order valence-electron chi connectivity index (χ0n) is 22.8. The summed E-state index contributed by atoms with van der Waals surface area (Å²) in [4.78, 5) is 39.2. The first-order valence-corrected chi connectivity index (χ1v) is 13.6. The average Bonchev–Trinajstić information content (AvgIpc) is 3.63. The van der Waals surface area contributed by atoms with E-state index in [1.807, 2.05) is 43.3 Å². The Morgan fingerprint density at radius 3 is 2.58 bits per heavy atom. The van der Waals surface area contributed by atoms with Crippen molar-refractivity contribution in [2.24, 2.45) is 29.1 Å². The molecule has 1 aromatic rings. The van der Waals surface area contributed by atoms with E-state index in [4.69, 9.17) is 14.2 Å². The number of carbonyl (C=O) groups excluding carboxylic acids is 3. The number of fused-ring (bicyclic) bond motifs is 4. The number of carbonyl (C=O) groups is 3. The van der Waals surface area contributed by atoms with E-state index in [1.54, 1.807) is 13.0 Å². The fourth-order valence-corrected chi connectivity index (χ4v) is 7.06. The topological polar surface area (TPSA) is 102 Å². The zero-order valence-corrected chi connectivity index (χ0v) is 22.8. The zero-order chi connectivity index (χ0) is 27.5. The standard InChI is InChI=1S/C31H38O7/c1-18-15-23-22(29(23,3)4)13-14-30(5)28(38-30)25-26(34)21(17-36-19(2)32)16-31(25,27(18)35)37-24(33)12-11-20-9-7-6-8-10-20/h6-12,15,21-23,25-26,28,34H,13-14,16-17H2,1-5H3/b12-11+,18-15+/t21-,22+,23-,25-,26+,28-,30-,31?/m1/s1. The number of rotatable bonds is 5. The fourth-order valence-electron chi connectivity index (χ4n) is 7.06. The van der Waals surface area contributed by atoms with Crippen LogP contribution in [-0.4, -0.2) is 52.8 Å². The highest BCUT2D eigenvalue weighted by Crippen LogP contribution is 2.64. The van der Waals surface area contributed by atoms with E-state index < -0.39 is 47.2 Å². The van der Waals surface area contributed by atoms with Crippen LogP contribution < -0.4 is 0 Å². The van der Waals surface area contributed by atoms with Crippen LogP contribution in [0.25, 0.3) is 6.08 Å². The third-order valence-electron chi connectivity index (χ3n) is 9.48. The first kappa shape index (κ1) is 26.8. The summed E-state index contributed by atoms with van der Waals surface area (Å²) in [6.07, 6.45) is 5.28. The predicted octanol–water partition coefficient (Wildman–Crippen LogP) is 4.28. The highest BCUT2D eigenvalue weighted by atomic mass is 16.6. The minimum Gasteiger partial charge on any atom is -0.465 e. The molecule has 1 saturated heterocycles. The van der Waals surface area contributed by atoms with Gasteiger partial charge in [-0.25, -0.2) is 4.79 Å². The lowest BCUT2D eigenvalue weighted by Gasteiger charge is -2.34. The molecule has 8 atom stereocenters. The number of Topliss-reactive ketones (excluding diaryl/α,β-unsaturated/α-hetero) is 1. The number of allylic oxidation sites excluding steroid dienone is 1. The van der Waals surface area contributed by atoms with E-state index in [9.17, 15) is 19.5 Å². The minimum absolute atomic E-state index is 0.0501. The van der Waals surface area contributed by atoms with Gasteiger partial charge in [-0.1, -0.05) is 50.3 Å². The summed E-state index contributed by atoms with van der Waals surface area (Å²) in [5, 5.41) is 11.5. The second-order valence-electron chi connectivity index (χ2n) is 12.4. The molecule has 0 radical (unpaired) electrons. The second kappa shape index (κ2) is 9.45. The Hall–Kier alpha value is -2.77. The van der Waals surface area contributed by atoms with Crippen LogP contribution >= 0.6 is 0 Å². The van der Waals surface area contributed by atoms with Crippen molar-refractivity contribution in [3.8, 4) is 0 Å². The molecule has 3 aliphatic carbocycles. The van der Waals surface area contributed by atoms with Crippen LogP contribution in [-0.2, 0) is 28.6 Å². The van der Waals surface area contributed by atoms with Gasteiger partial charge in [0, 0.05) is 25.3 Å². The Kier molecular flexibility index (Phi) is 6.67. The average molecular weight is 523 g/mol. The van der Waals surface area contributed by atoms with Crippen molar-refractivity contribution in [2.45, 2.75) is 77.3 Å². The number of aliphatic hydroxyl groups is 1. The maximum Gasteiger partial charge on any atom is 0.331 e. The van der Waals surface area contributed by atoms with E-state index in [1.165, 1.54) is 13.0 Å². The van der Waals surface area contributed by atoms with Crippen LogP contribution in [0.4, 0.5) is 0 Å². The summed E-state index contributed by atoms with van der Waals surface area (Å²) in [5.74, 6) is -2.11. The molecule has 1 unspecified atom stereocenters. The molecule has 0 spiro atoms. The van der Waals surface area contributed by atoms with Crippen LogP contribution in [0.1, 0.15) is 59.4 Å². The number of ether oxygens (including phenoxy) is 3. The number of esters is 2. The summed E-state index contributed by atoms with van der Waals surface area (Å²) in [5.41, 5.74) is -0.732. The molecule has 7 heteroatoms. The molecule has 4 aliphatic rings. The van der Waals surface area contributed by atoms with E-state index in [0.717, 1.165) is 18.4 Å². The normalized spacial score (nSPS) is 40.6.